The van der Waals surface area contributed by atoms with Gasteiger partial charge in [-0.05, 0) is 30.4 Å². The number of aromatic nitrogens is 1. The second kappa shape index (κ2) is 6.34. The summed E-state index contributed by atoms with van der Waals surface area (Å²) in [4.78, 5) is 17.8. The van der Waals surface area contributed by atoms with Gasteiger partial charge in [0.2, 0.25) is 0 Å². The molecule has 2 atom stereocenters. The minimum Gasteiger partial charge on any atom is -0.462 e. The molecule has 1 aromatic heterocycles. The first-order valence-corrected chi connectivity index (χ1v) is 8.94. The van der Waals surface area contributed by atoms with E-state index in [1.54, 1.807) is 0 Å². The van der Waals surface area contributed by atoms with E-state index in [9.17, 15) is 4.79 Å². The van der Waals surface area contributed by atoms with Crippen LogP contribution in [0.2, 0.25) is 0 Å². The molecule has 0 spiro atoms. The van der Waals surface area contributed by atoms with Crippen LogP contribution < -0.4 is 0 Å². The second-order valence-electron chi connectivity index (χ2n) is 6.89. The highest BCUT2D eigenvalue weighted by atomic mass is 16.5. The number of ether oxygens (including phenoxy) is 1. The molecule has 1 fully saturated rings. The van der Waals surface area contributed by atoms with Crippen LogP contribution in [0.3, 0.4) is 0 Å². The number of rotatable bonds is 4. The zero-order valence-electron chi connectivity index (χ0n) is 14.1. The zero-order chi connectivity index (χ0) is 16.5. The highest BCUT2D eigenvalue weighted by molar-refractivity contribution is 5.89. The van der Waals surface area contributed by atoms with E-state index in [1.807, 2.05) is 0 Å². The first-order chi connectivity index (χ1) is 11.8. The van der Waals surface area contributed by atoms with E-state index in [2.05, 4.69) is 53.5 Å². The summed E-state index contributed by atoms with van der Waals surface area (Å²) in [6.45, 7) is 4.78. The average molecular weight is 324 g/mol. The van der Waals surface area contributed by atoms with Gasteiger partial charge in [0.15, 0.2) is 0 Å². The zero-order valence-corrected chi connectivity index (χ0v) is 14.1. The van der Waals surface area contributed by atoms with Gasteiger partial charge in [-0.25, -0.2) is 4.79 Å². The molecule has 0 aliphatic carbocycles. The molecule has 2 aliphatic heterocycles. The van der Waals surface area contributed by atoms with Crippen LogP contribution in [0.5, 0.6) is 0 Å². The topological polar surface area (TPSA) is 45.3 Å². The number of hydrogen-bond acceptors (Lipinski definition) is 3. The Balaban J connectivity index is 1.52. The summed E-state index contributed by atoms with van der Waals surface area (Å²) in [7, 11) is 0. The van der Waals surface area contributed by atoms with E-state index in [0.29, 0.717) is 18.4 Å². The number of cyclic esters (lactones) is 1. The van der Waals surface area contributed by atoms with E-state index < -0.39 is 0 Å². The SMILES string of the molecule is CC[C@H]1CN(CCc2c[nH]c3ccccc23)C=C2C(=O)OCC[C@H]21. The van der Waals surface area contributed by atoms with E-state index in [0.717, 1.165) is 37.9 Å². The van der Waals surface area contributed by atoms with Gasteiger partial charge in [0.1, 0.15) is 0 Å². The molecule has 2 aliphatic rings. The lowest BCUT2D eigenvalue weighted by Gasteiger charge is -2.39. The van der Waals surface area contributed by atoms with Crippen LogP contribution in [-0.4, -0.2) is 35.5 Å². The normalized spacial score (nSPS) is 23.8. The van der Waals surface area contributed by atoms with E-state index in [-0.39, 0.29) is 5.97 Å². The van der Waals surface area contributed by atoms with Crippen molar-refractivity contribution in [2.75, 3.05) is 19.7 Å². The number of esters is 1. The fourth-order valence-electron chi connectivity index (χ4n) is 4.16. The van der Waals surface area contributed by atoms with Crippen molar-refractivity contribution in [1.82, 2.24) is 9.88 Å². The molecule has 1 saturated heterocycles. The van der Waals surface area contributed by atoms with Crippen molar-refractivity contribution in [2.45, 2.75) is 26.2 Å². The lowest BCUT2D eigenvalue weighted by molar-refractivity contribution is -0.144. The van der Waals surface area contributed by atoms with Crippen molar-refractivity contribution in [3.05, 3.63) is 47.8 Å². The van der Waals surface area contributed by atoms with Crippen LogP contribution >= 0.6 is 0 Å². The maximum Gasteiger partial charge on any atom is 0.335 e. The standard InChI is InChI=1S/C20H24N2O2/c1-2-14-12-22(13-18-16(14)8-10-24-20(18)23)9-7-15-11-21-19-6-4-3-5-17(15)19/h3-6,11,13-14,16,21H,2,7-10,12H2,1H3/t14-,16-/m0/s1. The van der Waals surface area contributed by atoms with Crippen LogP contribution in [0.15, 0.2) is 42.2 Å². The highest BCUT2D eigenvalue weighted by Crippen LogP contribution is 2.35. The first kappa shape index (κ1) is 15.3. The Hall–Kier alpha value is -2.23. The Morgan fingerprint density at radius 3 is 3.08 bits per heavy atom. The smallest absolute Gasteiger partial charge is 0.335 e. The number of nitrogens with one attached hydrogen (secondary N) is 1. The van der Waals surface area contributed by atoms with E-state index in [1.165, 1.54) is 16.5 Å². The fraction of sp³-hybridized carbons (Fsp3) is 0.450. The van der Waals surface area contributed by atoms with Gasteiger partial charge in [-0.1, -0.05) is 31.5 Å². The van der Waals surface area contributed by atoms with Crippen molar-refractivity contribution in [3.8, 4) is 0 Å². The number of H-pyrrole nitrogens is 1. The molecule has 4 rings (SSSR count). The number of carbonyl (C=O) groups excluding carboxylic acids is 1. The largest absolute Gasteiger partial charge is 0.462 e. The third kappa shape index (κ3) is 2.70. The molecule has 1 aromatic carbocycles. The third-order valence-corrected chi connectivity index (χ3v) is 5.52. The van der Waals surface area contributed by atoms with Crippen LogP contribution in [0.1, 0.15) is 25.3 Å². The molecule has 1 N–H and O–H groups in total. The van der Waals surface area contributed by atoms with Gasteiger partial charge in [0.25, 0.3) is 0 Å². The summed E-state index contributed by atoms with van der Waals surface area (Å²) in [5.41, 5.74) is 3.41. The van der Waals surface area contributed by atoms with Gasteiger partial charge < -0.3 is 14.6 Å². The molecular formula is C20H24N2O2. The highest BCUT2D eigenvalue weighted by Gasteiger charge is 2.36. The number of benzene rings is 1. The molecular weight excluding hydrogens is 300 g/mol. The number of fused-ring (bicyclic) bond motifs is 2. The Morgan fingerprint density at radius 1 is 1.33 bits per heavy atom. The quantitative estimate of drug-likeness (QED) is 0.876. The predicted octanol–water partition coefficient (Wildman–Crippen LogP) is 3.50. The van der Waals surface area contributed by atoms with Crippen molar-refractivity contribution in [3.63, 3.8) is 0 Å². The molecule has 4 nitrogen and oxygen atoms in total. The molecule has 3 heterocycles. The number of hydrogen-bond donors (Lipinski definition) is 1. The number of carbonyl (C=O) groups is 1. The molecule has 2 aromatic rings. The molecule has 0 radical (unpaired) electrons. The van der Waals surface area contributed by atoms with Gasteiger partial charge in [-0.3, -0.25) is 0 Å². The van der Waals surface area contributed by atoms with Crippen LogP contribution in [0.4, 0.5) is 0 Å². The van der Waals surface area contributed by atoms with Gasteiger partial charge in [0, 0.05) is 42.3 Å². The van der Waals surface area contributed by atoms with Gasteiger partial charge in [0.05, 0.1) is 12.2 Å². The molecule has 0 amide bonds. The predicted molar refractivity (Wildman–Crippen MR) is 94.5 cm³/mol. The number of aromatic amines is 1. The Labute approximate surface area is 142 Å². The van der Waals surface area contributed by atoms with Crippen LogP contribution in [0, 0.1) is 11.8 Å². The third-order valence-electron chi connectivity index (χ3n) is 5.52. The summed E-state index contributed by atoms with van der Waals surface area (Å²) in [5.74, 6) is 0.836. The lowest BCUT2D eigenvalue weighted by Crippen LogP contribution is -2.41. The maximum absolute atomic E-state index is 12.1. The summed E-state index contributed by atoms with van der Waals surface area (Å²) in [6.07, 6.45) is 7.24. The van der Waals surface area contributed by atoms with E-state index >= 15 is 0 Å². The molecule has 4 heteroatoms. The number of nitrogens with zero attached hydrogens (tertiary/aromatic N) is 1. The van der Waals surface area contributed by atoms with Crippen molar-refractivity contribution >= 4 is 16.9 Å². The van der Waals surface area contributed by atoms with E-state index in [4.69, 9.17) is 4.74 Å². The van der Waals surface area contributed by atoms with Gasteiger partial charge >= 0.3 is 5.97 Å². The molecule has 0 bridgehead atoms. The monoisotopic (exact) mass is 324 g/mol. The number of para-hydroxylation sites is 1. The molecule has 0 unspecified atom stereocenters. The van der Waals surface area contributed by atoms with Crippen molar-refractivity contribution in [1.29, 1.82) is 0 Å². The van der Waals surface area contributed by atoms with Gasteiger partial charge in [-0.2, -0.15) is 0 Å². The minimum absolute atomic E-state index is 0.110. The molecule has 0 saturated carbocycles. The first-order valence-electron chi connectivity index (χ1n) is 8.94. The lowest BCUT2D eigenvalue weighted by atomic mass is 9.78. The maximum atomic E-state index is 12.1. The summed E-state index contributed by atoms with van der Waals surface area (Å²) >= 11 is 0. The van der Waals surface area contributed by atoms with Crippen LogP contribution in [0.25, 0.3) is 10.9 Å². The average Bonchev–Trinajstić information content (AvgIpc) is 3.03. The van der Waals surface area contributed by atoms with Crippen LogP contribution in [-0.2, 0) is 16.0 Å². The Morgan fingerprint density at radius 2 is 2.21 bits per heavy atom. The second-order valence-corrected chi connectivity index (χ2v) is 6.89. The summed E-state index contributed by atoms with van der Waals surface area (Å²) in [6, 6.07) is 8.41. The van der Waals surface area contributed by atoms with Crippen molar-refractivity contribution in [2.24, 2.45) is 11.8 Å². The Kier molecular flexibility index (Phi) is 4.05. The summed E-state index contributed by atoms with van der Waals surface area (Å²) < 4.78 is 5.26. The van der Waals surface area contributed by atoms with Crippen molar-refractivity contribution < 1.29 is 9.53 Å². The molecule has 126 valence electrons. The summed E-state index contributed by atoms with van der Waals surface area (Å²) in [5, 5.41) is 1.30. The Bertz CT molecular complexity index is 777. The minimum atomic E-state index is -0.110. The van der Waals surface area contributed by atoms with Gasteiger partial charge in [-0.15, -0.1) is 0 Å². The molecule has 24 heavy (non-hydrogen) atoms. The fourth-order valence-corrected chi connectivity index (χ4v) is 4.16.